The van der Waals surface area contributed by atoms with Gasteiger partial charge in [-0.3, -0.25) is 15.4 Å². The van der Waals surface area contributed by atoms with Gasteiger partial charge in [0.25, 0.3) is 5.69 Å². The number of aromatic nitrogens is 3. The van der Waals surface area contributed by atoms with Gasteiger partial charge in [0.2, 0.25) is 5.88 Å². The van der Waals surface area contributed by atoms with E-state index in [0.29, 0.717) is 18.0 Å². The van der Waals surface area contributed by atoms with Crippen molar-refractivity contribution in [2.24, 2.45) is 0 Å². The van der Waals surface area contributed by atoms with E-state index in [9.17, 15) is 14.9 Å². The maximum atomic E-state index is 12.3. The molecule has 196 valence electrons. The third-order valence-electron chi connectivity index (χ3n) is 6.28. The second kappa shape index (κ2) is 9.80. The van der Waals surface area contributed by atoms with Crippen LogP contribution >= 0.6 is 11.3 Å². The largest absolute Gasteiger partial charge is 0.486 e. The lowest BCUT2D eigenvalue weighted by atomic mass is 10.1. The van der Waals surface area contributed by atoms with Gasteiger partial charge in [-0.1, -0.05) is 0 Å². The molecule has 0 saturated heterocycles. The van der Waals surface area contributed by atoms with Crippen LogP contribution in [0.4, 0.5) is 16.2 Å². The van der Waals surface area contributed by atoms with E-state index in [-0.39, 0.29) is 18.4 Å². The van der Waals surface area contributed by atoms with E-state index in [1.807, 2.05) is 25.1 Å². The summed E-state index contributed by atoms with van der Waals surface area (Å²) in [4.78, 5) is 36.5. The summed E-state index contributed by atoms with van der Waals surface area (Å²) in [5.74, 6) is 1.19. The summed E-state index contributed by atoms with van der Waals surface area (Å²) < 4.78 is 17.7. The standard InChI is InChI=1S/C27H21N5O6S/c1-14-9-19(24-21(10-14)30-23(36-2)12-28-24)26-31-20-7-8-22-18(25(20)39-26)11-17(38-22)13-37-27(33)29-15-3-5-16(6-4-15)32(34)35/h3-10,12,17H,11,13H2,1-2H3,(H,29,33)/t17-/m0/s1. The van der Waals surface area contributed by atoms with Crippen molar-refractivity contribution in [3.8, 4) is 22.2 Å². The van der Waals surface area contributed by atoms with Gasteiger partial charge in [-0.15, -0.1) is 11.3 Å². The van der Waals surface area contributed by atoms with Gasteiger partial charge in [0.15, 0.2) is 0 Å². The molecule has 12 heteroatoms. The Hall–Kier alpha value is -4.84. The van der Waals surface area contributed by atoms with E-state index in [4.69, 9.17) is 19.2 Å². The molecule has 1 amide bonds. The quantitative estimate of drug-likeness (QED) is 0.211. The van der Waals surface area contributed by atoms with Crippen LogP contribution in [-0.4, -0.2) is 45.8 Å². The van der Waals surface area contributed by atoms with Gasteiger partial charge in [-0.2, -0.15) is 0 Å². The summed E-state index contributed by atoms with van der Waals surface area (Å²) >= 11 is 1.56. The number of aryl methyl sites for hydroxylation is 1. The number of ether oxygens (including phenoxy) is 3. The van der Waals surface area contributed by atoms with Gasteiger partial charge in [0.05, 0.1) is 39.5 Å². The summed E-state index contributed by atoms with van der Waals surface area (Å²) in [6, 6.07) is 13.3. The number of carbonyl (C=O) groups is 1. The summed E-state index contributed by atoms with van der Waals surface area (Å²) in [5, 5.41) is 14.2. The molecule has 0 aliphatic carbocycles. The number of benzene rings is 3. The summed E-state index contributed by atoms with van der Waals surface area (Å²) in [7, 11) is 1.56. The highest BCUT2D eigenvalue weighted by molar-refractivity contribution is 7.22. The molecule has 3 aromatic carbocycles. The van der Waals surface area contributed by atoms with Gasteiger partial charge in [0.1, 0.15) is 23.5 Å². The SMILES string of the molecule is COc1cnc2c(-c3nc4ccc5c(c4s3)C[C@@H](COC(=O)Nc3ccc([N+](=O)[O-])cc3)O5)cc(C)cc2n1. The maximum absolute atomic E-state index is 12.3. The Morgan fingerprint density at radius 3 is 2.77 bits per heavy atom. The van der Waals surface area contributed by atoms with Crippen molar-refractivity contribution in [3.63, 3.8) is 0 Å². The van der Waals surface area contributed by atoms with Crippen molar-refractivity contribution in [1.82, 2.24) is 15.0 Å². The lowest BCUT2D eigenvalue weighted by molar-refractivity contribution is -0.384. The third-order valence-corrected chi connectivity index (χ3v) is 7.44. The average Bonchev–Trinajstić information content (AvgIpc) is 3.55. The van der Waals surface area contributed by atoms with Crippen LogP contribution in [0.2, 0.25) is 0 Å². The molecular weight excluding hydrogens is 522 g/mol. The Morgan fingerprint density at radius 2 is 2.00 bits per heavy atom. The fourth-order valence-corrected chi connectivity index (χ4v) is 5.62. The van der Waals surface area contributed by atoms with Crippen LogP contribution in [0.25, 0.3) is 31.8 Å². The minimum absolute atomic E-state index is 0.0423. The van der Waals surface area contributed by atoms with Crippen LogP contribution in [-0.2, 0) is 11.2 Å². The Kier molecular flexibility index (Phi) is 6.15. The van der Waals surface area contributed by atoms with Crippen LogP contribution in [0.1, 0.15) is 11.1 Å². The Bertz CT molecular complexity index is 1750. The number of anilines is 1. The van der Waals surface area contributed by atoms with Gasteiger partial charge in [-0.05, 0) is 48.9 Å². The molecule has 0 fully saturated rings. The molecule has 0 radical (unpaired) electrons. The van der Waals surface area contributed by atoms with Gasteiger partial charge < -0.3 is 14.2 Å². The highest BCUT2D eigenvalue weighted by atomic mass is 32.1. The van der Waals surface area contributed by atoms with Crippen LogP contribution in [0, 0.1) is 17.0 Å². The van der Waals surface area contributed by atoms with Crippen molar-refractivity contribution >= 4 is 50.1 Å². The van der Waals surface area contributed by atoms with Crippen molar-refractivity contribution in [2.75, 3.05) is 19.0 Å². The predicted octanol–water partition coefficient (Wildman–Crippen LogP) is 5.68. The summed E-state index contributed by atoms with van der Waals surface area (Å²) in [5.41, 5.74) is 5.63. The minimum atomic E-state index is -0.669. The zero-order valence-corrected chi connectivity index (χ0v) is 21.7. The molecule has 1 aliphatic rings. The number of nitrogens with zero attached hydrogens (tertiary/aromatic N) is 4. The molecule has 0 bridgehead atoms. The maximum Gasteiger partial charge on any atom is 0.411 e. The summed E-state index contributed by atoms with van der Waals surface area (Å²) in [6.07, 6.45) is 1.14. The fraction of sp³-hybridized carbons (Fsp3) is 0.185. The number of fused-ring (bicyclic) bond motifs is 4. The van der Waals surface area contributed by atoms with Gasteiger partial charge in [-0.25, -0.2) is 19.7 Å². The van der Waals surface area contributed by atoms with E-state index in [0.717, 1.165) is 48.7 Å². The normalized spacial score (nSPS) is 14.2. The highest BCUT2D eigenvalue weighted by Gasteiger charge is 2.28. The third kappa shape index (κ3) is 4.77. The van der Waals surface area contributed by atoms with E-state index >= 15 is 0 Å². The lowest BCUT2D eigenvalue weighted by Gasteiger charge is -2.12. The first-order chi connectivity index (χ1) is 18.9. The number of hydrogen-bond acceptors (Lipinski definition) is 10. The fourth-order valence-electron chi connectivity index (χ4n) is 4.49. The number of nitro benzene ring substituents is 1. The molecule has 11 nitrogen and oxygen atoms in total. The number of thiazole rings is 1. The number of methoxy groups -OCH3 is 1. The van der Waals surface area contributed by atoms with Crippen LogP contribution in [0.3, 0.4) is 0 Å². The minimum Gasteiger partial charge on any atom is -0.486 e. The second-order valence-corrected chi connectivity index (χ2v) is 9.97. The average molecular weight is 544 g/mol. The second-order valence-electron chi connectivity index (χ2n) is 8.97. The molecule has 6 rings (SSSR count). The molecule has 2 aromatic heterocycles. The van der Waals surface area contributed by atoms with Crippen molar-refractivity contribution in [1.29, 1.82) is 0 Å². The monoisotopic (exact) mass is 543 g/mol. The van der Waals surface area contributed by atoms with E-state index in [1.165, 1.54) is 24.3 Å². The molecule has 0 saturated carbocycles. The topological polar surface area (TPSA) is 139 Å². The molecule has 5 aromatic rings. The number of nitro groups is 1. The number of hydrogen-bond donors (Lipinski definition) is 1. The predicted molar refractivity (Wildman–Crippen MR) is 146 cm³/mol. The molecule has 3 heterocycles. The van der Waals surface area contributed by atoms with Gasteiger partial charge in [0, 0.05) is 35.4 Å². The Morgan fingerprint density at radius 1 is 1.18 bits per heavy atom. The first-order valence-corrected chi connectivity index (χ1v) is 12.8. The number of rotatable bonds is 6. The number of non-ortho nitro benzene ring substituents is 1. The highest BCUT2D eigenvalue weighted by Crippen LogP contribution is 2.41. The Labute approximate surface area is 225 Å². The van der Waals surface area contributed by atoms with Crippen molar-refractivity contribution < 1.29 is 23.9 Å². The zero-order chi connectivity index (χ0) is 27.1. The van der Waals surface area contributed by atoms with Crippen LogP contribution in [0.15, 0.2) is 54.7 Å². The van der Waals surface area contributed by atoms with Crippen molar-refractivity contribution in [2.45, 2.75) is 19.4 Å². The van der Waals surface area contributed by atoms with E-state index in [1.54, 1.807) is 24.6 Å². The van der Waals surface area contributed by atoms with E-state index < -0.39 is 11.0 Å². The number of carbonyl (C=O) groups excluding carboxylic acids is 1. The van der Waals surface area contributed by atoms with Crippen LogP contribution < -0.4 is 14.8 Å². The number of nitrogens with one attached hydrogen (secondary N) is 1. The first kappa shape index (κ1) is 24.5. The molecule has 1 N–H and O–H groups in total. The number of amides is 1. The molecule has 0 spiro atoms. The van der Waals surface area contributed by atoms with Crippen molar-refractivity contribution in [3.05, 3.63) is 76.0 Å². The summed E-state index contributed by atoms with van der Waals surface area (Å²) in [6.45, 7) is 2.05. The molecule has 0 unspecified atom stereocenters. The smallest absolute Gasteiger partial charge is 0.411 e. The molecular formula is C27H21N5O6S. The first-order valence-electron chi connectivity index (χ1n) is 12.0. The van der Waals surface area contributed by atoms with Crippen LogP contribution in [0.5, 0.6) is 11.6 Å². The molecule has 1 aliphatic heterocycles. The Balaban J connectivity index is 1.19. The van der Waals surface area contributed by atoms with E-state index in [2.05, 4.69) is 21.4 Å². The lowest BCUT2D eigenvalue weighted by Crippen LogP contribution is -2.25. The zero-order valence-electron chi connectivity index (χ0n) is 20.8. The molecule has 1 atom stereocenters. The van der Waals surface area contributed by atoms with Gasteiger partial charge >= 0.3 is 6.09 Å². The molecule has 39 heavy (non-hydrogen) atoms.